The molecule has 0 spiro atoms. The van der Waals surface area contributed by atoms with Crippen LogP contribution in [0.5, 0.6) is 0 Å². The van der Waals surface area contributed by atoms with Crippen LogP contribution >= 0.6 is 0 Å². The van der Waals surface area contributed by atoms with Crippen LogP contribution in [0.25, 0.3) is 0 Å². The van der Waals surface area contributed by atoms with Crippen LogP contribution in [-0.4, -0.2) is 43.4 Å². The first-order valence-corrected chi connectivity index (χ1v) is 7.57. The number of halogens is 1. The molecule has 5 nitrogen and oxygen atoms in total. The molecule has 2 amide bonds. The van der Waals surface area contributed by atoms with Crippen molar-refractivity contribution in [2.24, 2.45) is 11.7 Å². The van der Waals surface area contributed by atoms with Gasteiger partial charge in [0.2, 0.25) is 5.91 Å². The molecule has 1 saturated heterocycles. The lowest BCUT2D eigenvalue weighted by Crippen LogP contribution is -3.14. The van der Waals surface area contributed by atoms with Crippen LogP contribution in [0.15, 0.2) is 24.3 Å². The van der Waals surface area contributed by atoms with Gasteiger partial charge in [0.25, 0.3) is 5.91 Å². The molecular weight excluding hydrogens is 285 g/mol. The van der Waals surface area contributed by atoms with Gasteiger partial charge in [-0.2, -0.15) is 0 Å². The second-order valence-corrected chi connectivity index (χ2v) is 5.94. The van der Waals surface area contributed by atoms with Crippen LogP contribution in [-0.2, 0) is 16.1 Å². The zero-order valence-corrected chi connectivity index (χ0v) is 12.8. The average Bonchev–Trinajstić information content (AvgIpc) is 2.50. The highest BCUT2D eigenvalue weighted by molar-refractivity contribution is 5.77. The van der Waals surface area contributed by atoms with Crippen LogP contribution in [0.3, 0.4) is 0 Å². The van der Waals surface area contributed by atoms with Crippen molar-refractivity contribution in [2.45, 2.75) is 19.4 Å². The van der Waals surface area contributed by atoms with Gasteiger partial charge in [-0.15, -0.1) is 0 Å². The van der Waals surface area contributed by atoms with Crippen LogP contribution in [0.4, 0.5) is 4.39 Å². The number of amides is 2. The summed E-state index contributed by atoms with van der Waals surface area (Å²) in [6.07, 6.45) is 1.46. The summed E-state index contributed by atoms with van der Waals surface area (Å²) in [6.45, 7) is 2.18. The summed E-state index contributed by atoms with van der Waals surface area (Å²) in [5, 5.41) is 0. The number of benzene rings is 1. The Bertz CT molecular complexity index is 542. The molecule has 0 radical (unpaired) electrons. The van der Waals surface area contributed by atoms with E-state index in [4.69, 9.17) is 5.73 Å². The van der Waals surface area contributed by atoms with Gasteiger partial charge in [0, 0.05) is 37.9 Å². The number of primary amides is 1. The molecule has 0 unspecified atom stereocenters. The number of nitrogens with one attached hydrogen (secondary N) is 1. The number of likely N-dealkylation sites (tertiary alicyclic amines) is 1. The highest BCUT2D eigenvalue weighted by atomic mass is 19.1. The maximum atomic E-state index is 13.6. The Morgan fingerprint density at radius 2 is 1.95 bits per heavy atom. The van der Waals surface area contributed by atoms with Gasteiger partial charge in [-0.25, -0.2) is 4.39 Å². The zero-order valence-electron chi connectivity index (χ0n) is 12.8. The number of quaternary nitrogens is 1. The maximum Gasteiger partial charge on any atom is 0.277 e. The summed E-state index contributed by atoms with van der Waals surface area (Å²) < 4.78 is 13.6. The highest BCUT2D eigenvalue weighted by Gasteiger charge is 2.27. The van der Waals surface area contributed by atoms with Crippen molar-refractivity contribution >= 4 is 11.8 Å². The molecule has 120 valence electrons. The molecular formula is C16H23FN3O2+. The van der Waals surface area contributed by atoms with Crippen molar-refractivity contribution in [3.05, 3.63) is 35.6 Å². The molecule has 0 saturated carbocycles. The SMILES string of the molecule is CN(Cc1ccccc1F)C(=O)C[NH+]1CCC(C(N)=O)CC1. The summed E-state index contributed by atoms with van der Waals surface area (Å²) >= 11 is 0. The molecule has 0 aliphatic carbocycles. The van der Waals surface area contributed by atoms with Gasteiger partial charge in [-0.1, -0.05) is 18.2 Å². The summed E-state index contributed by atoms with van der Waals surface area (Å²) in [5.74, 6) is -0.621. The van der Waals surface area contributed by atoms with Crippen LogP contribution < -0.4 is 10.6 Å². The fourth-order valence-electron chi connectivity index (χ4n) is 2.81. The standard InChI is InChI=1S/C16H22FN3O2/c1-19(10-13-4-2-3-5-14(13)17)15(21)11-20-8-6-12(7-9-20)16(18)22/h2-5,12H,6-11H2,1H3,(H2,18,22)/p+1. The van der Waals surface area contributed by atoms with E-state index in [9.17, 15) is 14.0 Å². The van der Waals surface area contributed by atoms with Crippen molar-refractivity contribution in [1.29, 1.82) is 0 Å². The monoisotopic (exact) mass is 308 g/mol. The van der Waals surface area contributed by atoms with Crippen molar-refractivity contribution in [3.8, 4) is 0 Å². The number of carbonyl (C=O) groups excluding carboxylic acids is 2. The summed E-state index contributed by atoms with van der Waals surface area (Å²) in [7, 11) is 1.68. The number of piperidine rings is 1. The number of rotatable bonds is 5. The van der Waals surface area contributed by atoms with Gasteiger partial charge in [0.1, 0.15) is 5.82 Å². The van der Waals surface area contributed by atoms with E-state index < -0.39 is 0 Å². The molecule has 0 bridgehead atoms. The van der Waals surface area contributed by atoms with E-state index in [1.54, 1.807) is 30.1 Å². The number of hydrogen-bond acceptors (Lipinski definition) is 2. The molecule has 6 heteroatoms. The van der Waals surface area contributed by atoms with E-state index >= 15 is 0 Å². The molecule has 3 N–H and O–H groups in total. The second-order valence-electron chi connectivity index (χ2n) is 5.94. The summed E-state index contributed by atoms with van der Waals surface area (Å²) in [6, 6.07) is 6.47. The van der Waals surface area contributed by atoms with Crippen molar-refractivity contribution in [2.75, 3.05) is 26.7 Å². The van der Waals surface area contributed by atoms with E-state index in [1.165, 1.54) is 6.07 Å². The van der Waals surface area contributed by atoms with Gasteiger partial charge < -0.3 is 15.5 Å². The van der Waals surface area contributed by atoms with E-state index in [1.807, 2.05) is 0 Å². The minimum Gasteiger partial charge on any atom is -0.369 e. The predicted octanol–water partition coefficient (Wildman–Crippen LogP) is -0.436. The minimum absolute atomic E-state index is 0.0178. The number of nitrogens with two attached hydrogens (primary N) is 1. The van der Waals surface area contributed by atoms with Crippen molar-refractivity contribution in [1.82, 2.24) is 4.90 Å². The number of hydrogen-bond donors (Lipinski definition) is 2. The quantitative estimate of drug-likeness (QED) is 0.775. The van der Waals surface area contributed by atoms with Gasteiger partial charge in [-0.05, 0) is 6.07 Å². The van der Waals surface area contributed by atoms with Gasteiger partial charge in [0.05, 0.1) is 13.1 Å². The topological polar surface area (TPSA) is 67.8 Å². The number of carbonyl (C=O) groups is 2. The molecule has 1 fully saturated rings. The van der Waals surface area contributed by atoms with Crippen molar-refractivity contribution in [3.63, 3.8) is 0 Å². The Morgan fingerprint density at radius 1 is 1.32 bits per heavy atom. The lowest BCUT2D eigenvalue weighted by molar-refractivity contribution is -0.898. The lowest BCUT2D eigenvalue weighted by Gasteiger charge is -2.28. The maximum absolute atomic E-state index is 13.6. The first-order chi connectivity index (χ1) is 10.5. The Labute approximate surface area is 129 Å². The van der Waals surface area contributed by atoms with Gasteiger partial charge in [-0.3, -0.25) is 9.59 Å². The highest BCUT2D eigenvalue weighted by Crippen LogP contribution is 2.09. The van der Waals surface area contributed by atoms with E-state index in [0.717, 1.165) is 30.8 Å². The Hall–Kier alpha value is -1.95. The van der Waals surface area contributed by atoms with Crippen LogP contribution in [0.1, 0.15) is 18.4 Å². The lowest BCUT2D eigenvalue weighted by atomic mass is 9.96. The number of nitrogens with zero attached hydrogens (tertiary/aromatic N) is 1. The van der Waals surface area contributed by atoms with Crippen molar-refractivity contribution < 1.29 is 18.9 Å². The number of likely N-dealkylation sites (N-methyl/N-ethyl adjacent to an activating group) is 1. The molecule has 22 heavy (non-hydrogen) atoms. The van der Waals surface area contributed by atoms with E-state index in [-0.39, 0.29) is 30.1 Å². The molecule has 0 aromatic heterocycles. The molecule has 1 heterocycles. The third-order valence-corrected chi connectivity index (χ3v) is 4.29. The molecule has 0 atom stereocenters. The third kappa shape index (κ3) is 4.27. The second kappa shape index (κ2) is 7.35. The largest absolute Gasteiger partial charge is 0.369 e. The molecule has 1 aliphatic rings. The normalized spacial score (nSPS) is 21.4. The smallest absolute Gasteiger partial charge is 0.277 e. The molecule has 2 rings (SSSR count). The fraction of sp³-hybridized carbons (Fsp3) is 0.500. The molecule has 1 aliphatic heterocycles. The Morgan fingerprint density at radius 3 is 2.55 bits per heavy atom. The van der Waals surface area contributed by atoms with Crippen LogP contribution in [0.2, 0.25) is 0 Å². The predicted molar refractivity (Wildman–Crippen MR) is 80.4 cm³/mol. The van der Waals surface area contributed by atoms with Crippen LogP contribution in [0, 0.1) is 11.7 Å². The fourth-order valence-corrected chi connectivity index (χ4v) is 2.81. The zero-order chi connectivity index (χ0) is 16.1. The summed E-state index contributed by atoms with van der Waals surface area (Å²) in [5.41, 5.74) is 5.82. The van der Waals surface area contributed by atoms with Gasteiger partial charge in [0.15, 0.2) is 6.54 Å². The average molecular weight is 308 g/mol. The van der Waals surface area contributed by atoms with Gasteiger partial charge >= 0.3 is 0 Å². The third-order valence-electron chi connectivity index (χ3n) is 4.29. The molecule has 1 aromatic rings. The Kier molecular flexibility index (Phi) is 5.49. The summed E-state index contributed by atoms with van der Waals surface area (Å²) in [4.78, 5) is 26.1. The van der Waals surface area contributed by atoms with E-state index in [2.05, 4.69) is 0 Å². The first-order valence-electron chi connectivity index (χ1n) is 7.57. The minimum atomic E-state index is -0.295. The Balaban J connectivity index is 1.82. The first kappa shape index (κ1) is 16.4. The molecule has 1 aromatic carbocycles. The van der Waals surface area contributed by atoms with E-state index in [0.29, 0.717) is 12.1 Å².